The summed E-state index contributed by atoms with van der Waals surface area (Å²) < 4.78 is 0. The second-order valence-corrected chi connectivity index (χ2v) is 3.38. The average molecular weight is 188 g/mol. The summed E-state index contributed by atoms with van der Waals surface area (Å²) in [6.07, 6.45) is 3.33. The van der Waals surface area contributed by atoms with Gasteiger partial charge in [0.1, 0.15) is 11.4 Å². The zero-order valence-electron chi connectivity index (χ0n) is 7.94. The first-order chi connectivity index (χ1) is 6.71. The van der Waals surface area contributed by atoms with E-state index in [9.17, 15) is 5.11 Å². The Balaban J connectivity index is 2.43. The van der Waals surface area contributed by atoms with Crippen LogP contribution in [-0.2, 0) is 5.60 Å². The fourth-order valence-corrected chi connectivity index (χ4v) is 1.43. The molecule has 0 aliphatic rings. The molecule has 0 amide bonds. The third-order valence-corrected chi connectivity index (χ3v) is 2.30. The highest BCUT2D eigenvalue weighted by molar-refractivity contribution is 5.27. The molecule has 0 unspecified atom stereocenters. The highest BCUT2D eigenvalue weighted by atomic mass is 16.3. The van der Waals surface area contributed by atoms with Gasteiger partial charge in [0.05, 0.1) is 0 Å². The Morgan fingerprint density at radius 3 is 2.57 bits per heavy atom. The van der Waals surface area contributed by atoms with Crippen molar-refractivity contribution in [1.29, 1.82) is 0 Å². The third-order valence-electron chi connectivity index (χ3n) is 2.30. The number of imidazole rings is 1. The van der Waals surface area contributed by atoms with Crippen LogP contribution in [0.2, 0.25) is 0 Å². The van der Waals surface area contributed by atoms with Crippen LogP contribution in [0, 0.1) is 0 Å². The van der Waals surface area contributed by atoms with Gasteiger partial charge in [-0.15, -0.1) is 0 Å². The summed E-state index contributed by atoms with van der Waals surface area (Å²) in [6, 6.07) is 9.46. The molecular formula is C11H12N2O. The van der Waals surface area contributed by atoms with Crippen LogP contribution in [0.15, 0.2) is 42.7 Å². The summed E-state index contributed by atoms with van der Waals surface area (Å²) >= 11 is 0. The van der Waals surface area contributed by atoms with Crippen LogP contribution in [0.4, 0.5) is 0 Å². The lowest BCUT2D eigenvalue weighted by Gasteiger charge is -2.20. The predicted molar refractivity (Wildman–Crippen MR) is 53.7 cm³/mol. The minimum Gasteiger partial charge on any atom is -0.377 e. The number of rotatable bonds is 2. The zero-order chi connectivity index (χ0) is 10.0. The number of aromatic amines is 1. The van der Waals surface area contributed by atoms with Crippen molar-refractivity contribution in [2.75, 3.05) is 0 Å². The molecule has 72 valence electrons. The van der Waals surface area contributed by atoms with Crippen LogP contribution in [0.1, 0.15) is 18.3 Å². The van der Waals surface area contributed by atoms with Crippen LogP contribution < -0.4 is 0 Å². The van der Waals surface area contributed by atoms with E-state index in [0.717, 1.165) is 5.56 Å². The summed E-state index contributed by atoms with van der Waals surface area (Å²) in [4.78, 5) is 6.97. The summed E-state index contributed by atoms with van der Waals surface area (Å²) in [7, 11) is 0. The summed E-state index contributed by atoms with van der Waals surface area (Å²) in [5, 5.41) is 10.3. The van der Waals surface area contributed by atoms with E-state index in [2.05, 4.69) is 9.97 Å². The van der Waals surface area contributed by atoms with Crippen LogP contribution in [0.25, 0.3) is 0 Å². The van der Waals surface area contributed by atoms with Crippen molar-refractivity contribution in [2.45, 2.75) is 12.5 Å². The Morgan fingerprint density at radius 1 is 1.29 bits per heavy atom. The number of hydrogen-bond acceptors (Lipinski definition) is 2. The van der Waals surface area contributed by atoms with Crippen molar-refractivity contribution >= 4 is 0 Å². The highest BCUT2D eigenvalue weighted by Crippen LogP contribution is 2.25. The van der Waals surface area contributed by atoms with Crippen LogP contribution in [-0.4, -0.2) is 15.1 Å². The van der Waals surface area contributed by atoms with Gasteiger partial charge in [0.25, 0.3) is 0 Å². The standard InChI is InChI=1S/C11H12N2O/c1-11(14,10-12-7-8-13-10)9-5-3-2-4-6-9/h2-8,14H,1H3,(H,12,13)/t11-/m0/s1. The lowest BCUT2D eigenvalue weighted by Crippen LogP contribution is -2.24. The molecule has 3 heteroatoms. The number of aliphatic hydroxyl groups is 1. The maximum Gasteiger partial charge on any atom is 0.144 e. The van der Waals surface area contributed by atoms with E-state index >= 15 is 0 Å². The van der Waals surface area contributed by atoms with Gasteiger partial charge >= 0.3 is 0 Å². The first-order valence-corrected chi connectivity index (χ1v) is 4.49. The lowest BCUT2D eigenvalue weighted by molar-refractivity contribution is 0.0932. The predicted octanol–water partition coefficient (Wildman–Crippen LogP) is 1.67. The molecule has 1 heterocycles. The first kappa shape index (κ1) is 8.97. The topological polar surface area (TPSA) is 48.9 Å². The van der Waals surface area contributed by atoms with Crippen LogP contribution >= 0.6 is 0 Å². The molecule has 0 spiro atoms. The molecule has 2 rings (SSSR count). The molecule has 0 radical (unpaired) electrons. The molecule has 1 atom stereocenters. The Hall–Kier alpha value is -1.61. The van der Waals surface area contributed by atoms with Gasteiger partial charge in [-0.25, -0.2) is 4.98 Å². The van der Waals surface area contributed by atoms with Crippen LogP contribution in [0.5, 0.6) is 0 Å². The average Bonchev–Trinajstić information content (AvgIpc) is 2.72. The van der Waals surface area contributed by atoms with E-state index < -0.39 is 5.60 Å². The normalized spacial score (nSPS) is 15.0. The second kappa shape index (κ2) is 3.27. The van der Waals surface area contributed by atoms with E-state index in [4.69, 9.17) is 0 Å². The fraction of sp³-hybridized carbons (Fsp3) is 0.182. The summed E-state index contributed by atoms with van der Waals surface area (Å²) in [6.45, 7) is 1.72. The number of H-pyrrole nitrogens is 1. The summed E-state index contributed by atoms with van der Waals surface area (Å²) in [5.41, 5.74) is -0.222. The van der Waals surface area contributed by atoms with Crippen molar-refractivity contribution < 1.29 is 5.11 Å². The van der Waals surface area contributed by atoms with E-state index in [1.165, 1.54) is 0 Å². The molecule has 0 aliphatic heterocycles. The van der Waals surface area contributed by atoms with Crippen molar-refractivity contribution in [2.24, 2.45) is 0 Å². The first-order valence-electron chi connectivity index (χ1n) is 4.49. The van der Waals surface area contributed by atoms with Crippen molar-refractivity contribution in [3.05, 3.63) is 54.1 Å². The smallest absolute Gasteiger partial charge is 0.144 e. The molecule has 1 aromatic carbocycles. The molecule has 0 saturated heterocycles. The Labute approximate surface area is 82.4 Å². The van der Waals surface area contributed by atoms with Crippen molar-refractivity contribution in [3.63, 3.8) is 0 Å². The van der Waals surface area contributed by atoms with Crippen molar-refractivity contribution in [3.8, 4) is 0 Å². The highest BCUT2D eigenvalue weighted by Gasteiger charge is 2.27. The molecule has 2 aromatic rings. The van der Waals surface area contributed by atoms with Gasteiger partial charge in [0.15, 0.2) is 0 Å². The Bertz CT molecular complexity index is 392. The van der Waals surface area contributed by atoms with E-state index in [0.29, 0.717) is 5.82 Å². The zero-order valence-corrected chi connectivity index (χ0v) is 7.94. The molecule has 14 heavy (non-hydrogen) atoms. The molecule has 0 fully saturated rings. The number of nitrogens with one attached hydrogen (secondary N) is 1. The Morgan fingerprint density at radius 2 is 2.00 bits per heavy atom. The molecular weight excluding hydrogens is 176 g/mol. The monoisotopic (exact) mass is 188 g/mol. The quantitative estimate of drug-likeness (QED) is 0.753. The van der Waals surface area contributed by atoms with Gasteiger partial charge in [0.2, 0.25) is 0 Å². The fourth-order valence-electron chi connectivity index (χ4n) is 1.43. The number of nitrogens with zero attached hydrogens (tertiary/aromatic N) is 1. The van der Waals surface area contributed by atoms with E-state index in [1.807, 2.05) is 30.3 Å². The minimum absolute atomic E-state index is 0.559. The maximum atomic E-state index is 10.3. The molecule has 3 nitrogen and oxygen atoms in total. The number of aromatic nitrogens is 2. The minimum atomic E-state index is -1.05. The number of hydrogen-bond donors (Lipinski definition) is 2. The van der Waals surface area contributed by atoms with Gasteiger partial charge < -0.3 is 10.1 Å². The van der Waals surface area contributed by atoms with Gasteiger partial charge in [-0.2, -0.15) is 0 Å². The third kappa shape index (κ3) is 1.42. The van der Waals surface area contributed by atoms with E-state index in [-0.39, 0.29) is 0 Å². The second-order valence-electron chi connectivity index (χ2n) is 3.38. The molecule has 0 aliphatic carbocycles. The molecule has 0 bridgehead atoms. The molecule has 0 saturated carbocycles. The van der Waals surface area contributed by atoms with Gasteiger partial charge in [-0.1, -0.05) is 30.3 Å². The molecule has 1 aromatic heterocycles. The van der Waals surface area contributed by atoms with Gasteiger partial charge in [-0.3, -0.25) is 0 Å². The van der Waals surface area contributed by atoms with Crippen molar-refractivity contribution in [1.82, 2.24) is 9.97 Å². The van der Waals surface area contributed by atoms with Gasteiger partial charge in [0, 0.05) is 12.4 Å². The van der Waals surface area contributed by atoms with Crippen LogP contribution in [0.3, 0.4) is 0 Å². The van der Waals surface area contributed by atoms with Gasteiger partial charge in [-0.05, 0) is 12.5 Å². The summed E-state index contributed by atoms with van der Waals surface area (Å²) in [5.74, 6) is 0.559. The number of benzene rings is 1. The van der Waals surface area contributed by atoms with E-state index in [1.54, 1.807) is 19.3 Å². The largest absolute Gasteiger partial charge is 0.377 e. The maximum absolute atomic E-state index is 10.3. The molecule has 2 N–H and O–H groups in total. The lowest BCUT2D eigenvalue weighted by atomic mass is 9.95. The SMILES string of the molecule is C[C@](O)(c1ccccc1)c1ncc[nH]1. The Kier molecular flexibility index (Phi) is 2.09.